The minimum Gasteiger partial charge on any atom is -0.490 e. The van der Waals surface area contributed by atoms with Crippen molar-refractivity contribution >= 4 is 5.78 Å². The van der Waals surface area contributed by atoms with Gasteiger partial charge in [0.25, 0.3) is 0 Å². The van der Waals surface area contributed by atoms with E-state index in [2.05, 4.69) is 15.3 Å². The van der Waals surface area contributed by atoms with Crippen LogP contribution in [0.5, 0.6) is 11.5 Å². The Balaban J connectivity index is 2.15. The zero-order valence-electron chi connectivity index (χ0n) is 16.9. The number of hydrogen-bond acceptors (Lipinski definition) is 7. The van der Waals surface area contributed by atoms with E-state index in [1.165, 1.54) is 12.3 Å². The molecule has 2 aromatic rings. The molecule has 0 aliphatic heterocycles. The van der Waals surface area contributed by atoms with Gasteiger partial charge in [-0.2, -0.15) is 0 Å². The zero-order chi connectivity index (χ0) is 20.7. The van der Waals surface area contributed by atoms with Crippen molar-refractivity contribution in [3.8, 4) is 11.5 Å². The molecule has 0 aliphatic rings. The van der Waals surface area contributed by atoms with Crippen molar-refractivity contribution in [2.75, 3.05) is 6.61 Å². The summed E-state index contributed by atoms with van der Waals surface area (Å²) in [6.07, 6.45) is 1.36. The largest absolute Gasteiger partial charge is 0.490 e. The van der Waals surface area contributed by atoms with E-state index in [4.69, 9.17) is 9.47 Å². The van der Waals surface area contributed by atoms with Gasteiger partial charge in [-0.05, 0) is 46.8 Å². The van der Waals surface area contributed by atoms with Crippen LogP contribution < -0.4 is 14.8 Å². The third kappa shape index (κ3) is 5.79. The van der Waals surface area contributed by atoms with Crippen LogP contribution in [0.4, 0.5) is 0 Å². The van der Waals surface area contributed by atoms with E-state index in [0.717, 1.165) is 0 Å². The standard InChI is InChI=1S/C21H27N3O4/c1-6-27-19-9-7-8-10-20(19)28-21(15(4)25)23-13(2)11-18(26)17-12-22-16(5)24-14(17)3/h7-12,15,21,23,25H,6H2,1-5H3. The first-order valence-corrected chi connectivity index (χ1v) is 9.17. The van der Waals surface area contributed by atoms with Crippen LogP contribution in [0.25, 0.3) is 0 Å². The lowest BCUT2D eigenvalue weighted by atomic mass is 10.1. The molecule has 1 aromatic carbocycles. The zero-order valence-corrected chi connectivity index (χ0v) is 16.9. The molecule has 28 heavy (non-hydrogen) atoms. The van der Waals surface area contributed by atoms with E-state index in [-0.39, 0.29) is 5.78 Å². The van der Waals surface area contributed by atoms with E-state index in [1.54, 1.807) is 39.8 Å². The molecule has 0 saturated heterocycles. The van der Waals surface area contributed by atoms with Crippen molar-refractivity contribution in [1.82, 2.24) is 15.3 Å². The molecule has 0 fully saturated rings. The number of ketones is 1. The molecule has 0 bridgehead atoms. The lowest BCUT2D eigenvalue weighted by molar-refractivity contribution is 0.0315. The Morgan fingerprint density at radius 2 is 1.96 bits per heavy atom. The molecule has 7 heteroatoms. The smallest absolute Gasteiger partial charge is 0.195 e. The number of benzene rings is 1. The van der Waals surface area contributed by atoms with Gasteiger partial charge in [-0.3, -0.25) is 4.79 Å². The summed E-state index contributed by atoms with van der Waals surface area (Å²) in [7, 11) is 0. The van der Waals surface area contributed by atoms with Crippen molar-refractivity contribution in [2.24, 2.45) is 0 Å². The van der Waals surface area contributed by atoms with E-state index in [0.29, 0.717) is 40.9 Å². The normalized spacial score (nSPS) is 13.6. The van der Waals surface area contributed by atoms with Crippen LogP contribution in [-0.2, 0) is 0 Å². The number of ether oxygens (including phenoxy) is 2. The molecule has 1 aromatic heterocycles. The monoisotopic (exact) mass is 385 g/mol. The Kier molecular flexibility index (Phi) is 7.52. The van der Waals surface area contributed by atoms with E-state index in [9.17, 15) is 9.90 Å². The van der Waals surface area contributed by atoms with Crippen molar-refractivity contribution in [3.05, 3.63) is 59.3 Å². The fraction of sp³-hybridized carbons (Fsp3) is 0.381. The molecule has 1 heterocycles. The Hall–Kier alpha value is -2.93. The highest BCUT2D eigenvalue weighted by Crippen LogP contribution is 2.27. The van der Waals surface area contributed by atoms with Crippen LogP contribution in [0.1, 0.15) is 42.6 Å². The van der Waals surface area contributed by atoms with Gasteiger partial charge < -0.3 is 19.9 Å². The molecular formula is C21H27N3O4. The third-order valence-corrected chi connectivity index (χ3v) is 3.92. The van der Waals surface area contributed by atoms with Gasteiger partial charge in [0, 0.05) is 18.0 Å². The summed E-state index contributed by atoms with van der Waals surface area (Å²) in [4.78, 5) is 20.8. The lowest BCUT2D eigenvalue weighted by Gasteiger charge is -2.25. The molecular weight excluding hydrogens is 358 g/mol. The number of carbonyl (C=O) groups is 1. The van der Waals surface area contributed by atoms with Gasteiger partial charge in [-0.15, -0.1) is 0 Å². The van der Waals surface area contributed by atoms with Crippen molar-refractivity contribution in [1.29, 1.82) is 0 Å². The number of rotatable bonds is 9. The van der Waals surface area contributed by atoms with Gasteiger partial charge in [0.05, 0.1) is 17.9 Å². The van der Waals surface area contributed by atoms with Crippen molar-refractivity contribution in [3.63, 3.8) is 0 Å². The number of aromatic nitrogens is 2. The highest BCUT2D eigenvalue weighted by atomic mass is 16.5. The van der Waals surface area contributed by atoms with E-state index in [1.807, 2.05) is 19.1 Å². The number of hydrogen-bond donors (Lipinski definition) is 2. The van der Waals surface area contributed by atoms with Gasteiger partial charge >= 0.3 is 0 Å². The second-order valence-electron chi connectivity index (χ2n) is 6.41. The highest BCUT2D eigenvalue weighted by molar-refractivity contribution is 6.05. The third-order valence-electron chi connectivity index (χ3n) is 3.92. The van der Waals surface area contributed by atoms with E-state index >= 15 is 0 Å². The SMILES string of the molecule is CCOc1ccccc1OC(NC(C)=CC(=O)c1cnc(C)nc1C)C(C)O. The van der Waals surface area contributed by atoms with Crippen LogP contribution in [0.2, 0.25) is 0 Å². The number of allylic oxidation sites excluding steroid dienone is 2. The Labute approximate surface area is 165 Å². The fourth-order valence-electron chi connectivity index (χ4n) is 2.57. The molecule has 0 saturated carbocycles. The van der Waals surface area contributed by atoms with Crippen LogP contribution in [0.15, 0.2) is 42.2 Å². The summed E-state index contributed by atoms with van der Waals surface area (Å²) in [6, 6.07) is 7.23. The van der Waals surface area contributed by atoms with Crippen LogP contribution in [-0.4, -0.2) is 39.8 Å². The van der Waals surface area contributed by atoms with Crippen molar-refractivity contribution in [2.45, 2.75) is 47.0 Å². The average Bonchev–Trinajstić information content (AvgIpc) is 2.62. The van der Waals surface area contributed by atoms with Gasteiger partial charge in [-0.1, -0.05) is 12.1 Å². The number of aryl methyl sites for hydroxylation is 2. The number of aliphatic hydroxyl groups excluding tert-OH is 1. The quantitative estimate of drug-likeness (QED) is 0.389. The molecule has 0 aliphatic carbocycles. The van der Waals surface area contributed by atoms with Gasteiger partial charge in [0.15, 0.2) is 23.5 Å². The maximum Gasteiger partial charge on any atom is 0.195 e. The van der Waals surface area contributed by atoms with Crippen LogP contribution in [0.3, 0.4) is 0 Å². The summed E-state index contributed by atoms with van der Waals surface area (Å²) in [5.41, 5.74) is 1.60. The van der Waals surface area contributed by atoms with E-state index < -0.39 is 12.3 Å². The number of aliphatic hydroxyl groups is 1. The summed E-state index contributed by atoms with van der Waals surface area (Å²) in [6.45, 7) is 9.26. The van der Waals surface area contributed by atoms with Crippen molar-refractivity contribution < 1.29 is 19.4 Å². The summed E-state index contributed by atoms with van der Waals surface area (Å²) < 4.78 is 11.4. The summed E-state index contributed by atoms with van der Waals surface area (Å²) in [5, 5.41) is 13.1. The summed E-state index contributed by atoms with van der Waals surface area (Å²) in [5.74, 6) is 1.48. The topological polar surface area (TPSA) is 93.6 Å². The molecule has 150 valence electrons. The number of carbonyl (C=O) groups excluding carboxylic acids is 1. The second-order valence-corrected chi connectivity index (χ2v) is 6.41. The maximum atomic E-state index is 12.5. The van der Waals surface area contributed by atoms with Gasteiger partial charge in [-0.25, -0.2) is 9.97 Å². The molecule has 0 spiro atoms. The predicted octanol–water partition coefficient (Wildman–Crippen LogP) is 2.95. The molecule has 2 unspecified atom stereocenters. The van der Waals surface area contributed by atoms with Gasteiger partial charge in [0.2, 0.25) is 0 Å². The Morgan fingerprint density at radius 1 is 1.29 bits per heavy atom. The van der Waals surface area contributed by atoms with Crippen LogP contribution in [0, 0.1) is 13.8 Å². The fourth-order valence-corrected chi connectivity index (χ4v) is 2.57. The minimum absolute atomic E-state index is 0.221. The maximum absolute atomic E-state index is 12.5. The molecule has 2 N–H and O–H groups in total. The first kappa shape index (κ1) is 21.4. The first-order chi connectivity index (χ1) is 13.3. The molecule has 2 atom stereocenters. The number of para-hydroxylation sites is 2. The number of nitrogens with one attached hydrogen (secondary N) is 1. The lowest BCUT2D eigenvalue weighted by Crippen LogP contribution is -2.42. The molecule has 0 radical (unpaired) electrons. The second kappa shape index (κ2) is 9.85. The average molecular weight is 385 g/mol. The Bertz CT molecular complexity index is 849. The predicted molar refractivity (Wildman–Crippen MR) is 106 cm³/mol. The Morgan fingerprint density at radius 3 is 2.57 bits per heavy atom. The number of nitrogens with zero attached hydrogens (tertiary/aromatic N) is 2. The van der Waals surface area contributed by atoms with Gasteiger partial charge in [0.1, 0.15) is 11.9 Å². The van der Waals surface area contributed by atoms with Crippen LogP contribution >= 0.6 is 0 Å². The first-order valence-electron chi connectivity index (χ1n) is 9.17. The minimum atomic E-state index is -0.836. The molecule has 2 rings (SSSR count). The molecule has 7 nitrogen and oxygen atoms in total. The summed E-state index contributed by atoms with van der Waals surface area (Å²) >= 11 is 0. The highest BCUT2D eigenvalue weighted by Gasteiger charge is 2.19. The molecule has 0 amide bonds.